The first kappa shape index (κ1) is 23.9. The first-order chi connectivity index (χ1) is 15.2. The van der Waals surface area contributed by atoms with Crippen LogP contribution in [0.25, 0.3) is 0 Å². The third-order valence-electron chi connectivity index (χ3n) is 5.65. The Morgan fingerprint density at radius 1 is 1.09 bits per heavy atom. The van der Waals surface area contributed by atoms with Crippen LogP contribution in [0.4, 0.5) is 5.69 Å². The van der Waals surface area contributed by atoms with E-state index in [2.05, 4.69) is 10.0 Å². The number of hydrogen-bond donors (Lipinski definition) is 2. The molecule has 2 aromatic rings. The molecule has 2 aromatic carbocycles. The van der Waals surface area contributed by atoms with Gasteiger partial charge in [-0.1, -0.05) is 44.2 Å². The van der Waals surface area contributed by atoms with E-state index in [1.54, 1.807) is 17.0 Å². The molecule has 172 valence electrons. The van der Waals surface area contributed by atoms with Gasteiger partial charge < -0.3 is 10.2 Å². The molecule has 2 amide bonds. The van der Waals surface area contributed by atoms with Gasteiger partial charge in [0.1, 0.15) is 6.04 Å². The van der Waals surface area contributed by atoms with Gasteiger partial charge >= 0.3 is 0 Å². The molecule has 0 radical (unpaired) electrons. The van der Waals surface area contributed by atoms with Gasteiger partial charge in [0.2, 0.25) is 21.8 Å². The molecular weight excluding hydrogens is 426 g/mol. The molecule has 0 saturated heterocycles. The standard InChI is InChI=1S/C24H31N3O4S/c1-17(2)23(24(29)25-14-13-19-8-5-4-6-9-19)26-32(30,31)21-11-12-22-20(16-21)10-7-15-27(22)18(3)28/h4-6,8-9,11-12,16-17,23,26H,7,10,13-15H2,1-3H3,(H,25,29)/t23-/m0/s1. The highest BCUT2D eigenvalue weighted by Crippen LogP contribution is 2.29. The van der Waals surface area contributed by atoms with Gasteiger partial charge in [-0.25, -0.2) is 8.42 Å². The number of benzene rings is 2. The van der Waals surface area contributed by atoms with E-state index < -0.39 is 16.1 Å². The summed E-state index contributed by atoms with van der Waals surface area (Å²) in [6.07, 6.45) is 2.15. The number of carbonyl (C=O) groups is 2. The van der Waals surface area contributed by atoms with E-state index in [0.717, 1.165) is 23.2 Å². The molecule has 0 spiro atoms. The number of fused-ring (bicyclic) bond motifs is 1. The molecule has 0 unspecified atom stereocenters. The monoisotopic (exact) mass is 457 g/mol. The van der Waals surface area contributed by atoms with Gasteiger partial charge in [-0.2, -0.15) is 4.72 Å². The Labute approximate surface area is 190 Å². The smallest absolute Gasteiger partial charge is 0.241 e. The average molecular weight is 458 g/mol. The highest BCUT2D eigenvalue weighted by molar-refractivity contribution is 7.89. The molecule has 0 saturated carbocycles. The second-order valence-corrected chi connectivity index (χ2v) is 10.1. The summed E-state index contributed by atoms with van der Waals surface area (Å²) >= 11 is 0. The predicted molar refractivity (Wildman–Crippen MR) is 125 cm³/mol. The van der Waals surface area contributed by atoms with Crippen LogP contribution in [-0.2, 0) is 32.5 Å². The molecule has 32 heavy (non-hydrogen) atoms. The number of nitrogens with zero attached hydrogens (tertiary/aromatic N) is 1. The van der Waals surface area contributed by atoms with Gasteiger partial charge in [0.15, 0.2) is 0 Å². The lowest BCUT2D eigenvalue weighted by Gasteiger charge is -2.29. The Hall–Kier alpha value is -2.71. The number of carbonyl (C=O) groups excluding carboxylic acids is 2. The van der Waals surface area contributed by atoms with Gasteiger partial charge in [-0.15, -0.1) is 0 Å². The summed E-state index contributed by atoms with van der Waals surface area (Å²) < 4.78 is 28.7. The zero-order valence-corrected chi connectivity index (χ0v) is 19.6. The maximum Gasteiger partial charge on any atom is 0.241 e. The Balaban J connectivity index is 1.71. The van der Waals surface area contributed by atoms with Crippen molar-refractivity contribution in [3.63, 3.8) is 0 Å². The van der Waals surface area contributed by atoms with Crippen molar-refractivity contribution in [3.05, 3.63) is 59.7 Å². The van der Waals surface area contributed by atoms with Gasteiger partial charge in [0, 0.05) is 25.7 Å². The van der Waals surface area contributed by atoms with Gasteiger partial charge in [-0.3, -0.25) is 9.59 Å². The minimum atomic E-state index is -3.91. The summed E-state index contributed by atoms with van der Waals surface area (Å²) in [5.41, 5.74) is 2.67. The minimum absolute atomic E-state index is 0.0632. The first-order valence-corrected chi connectivity index (χ1v) is 12.4. The molecule has 2 N–H and O–H groups in total. The normalized spacial score (nSPS) is 14.7. The van der Waals surface area contributed by atoms with Crippen LogP contribution in [0.2, 0.25) is 0 Å². The fourth-order valence-electron chi connectivity index (χ4n) is 3.88. The molecule has 1 heterocycles. The zero-order chi connectivity index (χ0) is 23.3. The fraction of sp³-hybridized carbons (Fsp3) is 0.417. The van der Waals surface area contributed by atoms with E-state index in [1.165, 1.54) is 13.0 Å². The number of anilines is 1. The molecule has 0 fully saturated rings. The quantitative estimate of drug-likeness (QED) is 0.637. The van der Waals surface area contributed by atoms with Crippen molar-refractivity contribution >= 4 is 27.5 Å². The minimum Gasteiger partial charge on any atom is -0.354 e. The third-order valence-corrected chi connectivity index (χ3v) is 7.09. The average Bonchev–Trinajstić information content (AvgIpc) is 2.77. The highest BCUT2D eigenvalue weighted by Gasteiger charge is 2.29. The fourth-order valence-corrected chi connectivity index (χ4v) is 5.27. The summed E-state index contributed by atoms with van der Waals surface area (Å²) in [4.78, 5) is 26.4. The van der Waals surface area contributed by atoms with Crippen LogP contribution in [0.15, 0.2) is 53.4 Å². The second-order valence-electron chi connectivity index (χ2n) is 8.43. The van der Waals surface area contributed by atoms with Crippen LogP contribution in [0.1, 0.15) is 38.3 Å². The van der Waals surface area contributed by atoms with E-state index in [-0.39, 0.29) is 22.6 Å². The Morgan fingerprint density at radius 2 is 1.81 bits per heavy atom. The van der Waals surface area contributed by atoms with Gasteiger partial charge in [0.05, 0.1) is 4.90 Å². The van der Waals surface area contributed by atoms with E-state index >= 15 is 0 Å². The number of hydrogen-bond acceptors (Lipinski definition) is 4. The molecule has 7 nitrogen and oxygen atoms in total. The lowest BCUT2D eigenvalue weighted by Crippen LogP contribution is -2.50. The van der Waals surface area contributed by atoms with Crippen LogP contribution in [-0.4, -0.2) is 39.4 Å². The van der Waals surface area contributed by atoms with Crippen molar-refractivity contribution in [2.75, 3.05) is 18.0 Å². The molecule has 1 aliphatic heterocycles. The molecule has 0 bridgehead atoms. The number of aryl methyl sites for hydroxylation is 1. The molecule has 8 heteroatoms. The van der Waals surface area contributed by atoms with E-state index in [9.17, 15) is 18.0 Å². The van der Waals surface area contributed by atoms with E-state index in [4.69, 9.17) is 0 Å². The number of rotatable bonds is 8. The van der Waals surface area contributed by atoms with Gasteiger partial charge in [-0.05, 0) is 54.5 Å². The summed E-state index contributed by atoms with van der Waals surface area (Å²) in [5, 5.41) is 2.84. The Kier molecular flexibility index (Phi) is 7.69. The maximum absolute atomic E-state index is 13.1. The van der Waals surface area contributed by atoms with Crippen molar-refractivity contribution in [1.82, 2.24) is 10.0 Å². The largest absolute Gasteiger partial charge is 0.354 e. The third kappa shape index (κ3) is 5.75. The topological polar surface area (TPSA) is 95.6 Å². The molecule has 3 rings (SSSR count). The Morgan fingerprint density at radius 3 is 2.47 bits per heavy atom. The molecule has 1 aliphatic rings. The predicted octanol–water partition coefficient (Wildman–Crippen LogP) is 2.65. The summed E-state index contributed by atoms with van der Waals surface area (Å²) in [5.74, 6) is -0.640. The van der Waals surface area contributed by atoms with Crippen LogP contribution >= 0.6 is 0 Å². The van der Waals surface area contributed by atoms with Crippen molar-refractivity contribution in [3.8, 4) is 0 Å². The van der Waals surface area contributed by atoms with Crippen LogP contribution in [0, 0.1) is 5.92 Å². The summed E-state index contributed by atoms with van der Waals surface area (Å²) in [6.45, 7) is 6.17. The highest BCUT2D eigenvalue weighted by atomic mass is 32.2. The van der Waals surface area contributed by atoms with Crippen molar-refractivity contribution < 1.29 is 18.0 Å². The number of amides is 2. The van der Waals surface area contributed by atoms with Crippen LogP contribution < -0.4 is 14.9 Å². The van der Waals surface area contributed by atoms with Crippen molar-refractivity contribution in [1.29, 1.82) is 0 Å². The van der Waals surface area contributed by atoms with Crippen molar-refractivity contribution in [2.24, 2.45) is 5.92 Å². The molecule has 1 atom stereocenters. The Bertz CT molecular complexity index is 1070. The van der Waals surface area contributed by atoms with E-state index in [0.29, 0.717) is 25.9 Å². The lowest BCUT2D eigenvalue weighted by molar-refractivity contribution is -0.123. The van der Waals surface area contributed by atoms with Crippen LogP contribution in [0.3, 0.4) is 0 Å². The summed E-state index contributed by atoms with van der Waals surface area (Å²) in [7, 11) is -3.91. The molecule has 0 aliphatic carbocycles. The maximum atomic E-state index is 13.1. The number of sulfonamides is 1. The molecule has 0 aromatic heterocycles. The SMILES string of the molecule is CC(=O)N1CCCc2cc(S(=O)(=O)N[C@H](C(=O)NCCc3ccccc3)C(C)C)ccc21. The van der Waals surface area contributed by atoms with E-state index in [1.807, 2.05) is 44.2 Å². The summed E-state index contributed by atoms with van der Waals surface area (Å²) in [6, 6.07) is 13.7. The second kappa shape index (κ2) is 10.3. The van der Waals surface area contributed by atoms with Gasteiger partial charge in [0.25, 0.3) is 0 Å². The lowest BCUT2D eigenvalue weighted by atomic mass is 10.0. The molecular formula is C24H31N3O4S. The number of nitrogens with one attached hydrogen (secondary N) is 2. The van der Waals surface area contributed by atoms with Crippen molar-refractivity contribution in [2.45, 2.75) is 51.0 Å². The zero-order valence-electron chi connectivity index (χ0n) is 18.8. The first-order valence-electron chi connectivity index (χ1n) is 10.9. The van der Waals surface area contributed by atoms with Crippen LogP contribution in [0.5, 0.6) is 0 Å².